The summed E-state index contributed by atoms with van der Waals surface area (Å²) in [6.07, 6.45) is 0.919. The van der Waals surface area contributed by atoms with E-state index in [4.69, 9.17) is 10.8 Å². The SMILES string of the molecule is CC(CCC#N)(N=[N+]=[N-])c1ccccc1. The maximum Gasteiger partial charge on any atom is 0.0719 e. The predicted octanol–water partition coefficient (Wildman–Crippen LogP) is 3.52. The van der Waals surface area contributed by atoms with Crippen molar-refractivity contribution in [1.29, 1.82) is 5.26 Å². The van der Waals surface area contributed by atoms with Crippen LogP contribution in [0.5, 0.6) is 0 Å². The minimum atomic E-state index is -0.619. The third kappa shape index (κ3) is 2.73. The summed E-state index contributed by atoms with van der Waals surface area (Å²) in [6, 6.07) is 11.6. The van der Waals surface area contributed by atoms with Gasteiger partial charge in [0.25, 0.3) is 0 Å². The van der Waals surface area contributed by atoms with Crippen molar-refractivity contribution < 1.29 is 0 Å². The van der Waals surface area contributed by atoms with E-state index in [1.165, 1.54) is 0 Å². The van der Waals surface area contributed by atoms with Gasteiger partial charge in [-0.05, 0) is 24.4 Å². The first kappa shape index (κ1) is 11.1. The maximum atomic E-state index is 8.56. The lowest BCUT2D eigenvalue weighted by molar-refractivity contribution is 0.457. The molecule has 4 nitrogen and oxygen atoms in total. The highest BCUT2D eigenvalue weighted by molar-refractivity contribution is 5.23. The minimum absolute atomic E-state index is 0.379. The molecule has 1 atom stereocenters. The van der Waals surface area contributed by atoms with Gasteiger partial charge in [-0.2, -0.15) is 5.26 Å². The van der Waals surface area contributed by atoms with Crippen LogP contribution >= 0.6 is 0 Å². The van der Waals surface area contributed by atoms with Gasteiger partial charge in [0.2, 0.25) is 0 Å². The number of hydrogen-bond acceptors (Lipinski definition) is 2. The molecule has 0 N–H and O–H groups in total. The fourth-order valence-corrected chi connectivity index (χ4v) is 1.45. The van der Waals surface area contributed by atoms with E-state index in [1.54, 1.807) is 0 Å². The van der Waals surface area contributed by atoms with Crippen LogP contribution in [0.3, 0.4) is 0 Å². The highest BCUT2D eigenvalue weighted by Gasteiger charge is 2.24. The average molecular weight is 200 g/mol. The summed E-state index contributed by atoms with van der Waals surface area (Å²) in [5.41, 5.74) is 8.86. The van der Waals surface area contributed by atoms with Crippen LogP contribution in [0.4, 0.5) is 0 Å². The lowest BCUT2D eigenvalue weighted by Crippen LogP contribution is -2.17. The molecule has 0 amide bonds. The third-order valence-corrected chi connectivity index (χ3v) is 2.38. The van der Waals surface area contributed by atoms with Crippen molar-refractivity contribution in [3.63, 3.8) is 0 Å². The lowest BCUT2D eigenvalue weighted by atomic mass is 9.88. The Morgan fingerprint density at radius 3 is 2.67 bits per heavy atom. The molecule has 0 aliphatic heterocycles. The van der Waals surface area contributed by atoms with Crippen LogP contribution in [-0.4, -0.2) is 0 Å². The van der Waals surface area contributed by atoms with Crippen LogP contribution in [-0.2, 0) is 5.54 Å². The molecule has 0 saturated carbocycles. The molecular formula is C11H12N4. The summed E-state index contributed by atoms with van der Waals surface area (Å²) in [5, 5.41) is 12.4. The van der Waals surface area contributed by atoms with E-state index in [-0.39, 0.29) is 0 Å². The summed E-state index contributed by atoms with van der Waals surface area (Å²) in [4.78, 5) is 2.85. The van der Waals surface area contributed by atoms with Gasteiger partial charge in [-0.25, -0.2) is 0 Å². The number of hydrogen-bond donors (Lipinski definition) is 0. The highest BCUT2D eigenvalue weighted by Crippen LogP contribution is 2.30. The predicted molar refractivity (Wildman–Crippen MR) is 57.8 cm³/mol. The third-order valence-electron chi connectivity index (χ3n) is 2.38. The van der Waals surface area contributed by atoms with Gasteiger partial charge in [0.05, 0.1) is 11.6 Å². The maximum absolute atomic E-state index is 8.56. The molecule has 0 aromatic heterocycles. The van der Waals surface area contributed by atoms with E-state index in [1.807, 2.05) is 37.3 Å². The first-order valence-electron chi connectivity index (χ1n) is 4.72. The molecule has 4 heteroatoms. The molecule has 0 aliphatic carbocycles. The molecule has 0 aliphatic rings. The quantitative estimate of drug-likeness (QED) is 0.416. The highest BCUT2D eigenvalue weighted by atomic mass is 15.2. The standard InChI is InChI=1S/C11H12N4/c1-11(14-15-13,8-5-9-12)10-6-3-2-4-7-10/h2-4,6-7H,5,8H2,1H3. The summed E-state index contributed by atoms with van der Waals surface area (Å²) in [7, 11) is 0. The smallest absolute Gasteiger partial charge is 0.0719 e. The largest absolute Gasteiger partial charge is 0.198 e. The molecule has 1 unspecified atom stereocenters. The summed E-state index contributed by atoms with van der Waals surface area (Å²) < 4.78 is 0. The topological polar surface area (TPSA) is 72.5 Å². The minimum Gasteiger partial charge on any atom is -0.198 e. The molecule has 0 bridgehead atoms. The molecule has 1 rings (SSSR count). The first-order chi connectivity index (χ1) is 7.23. The fraction of sp³-hybridized carbons (Fsp3) is 0.364. The molecule has 0 spiro atoms. The van der Waals surface area contributed by atoms with Crippen molar-refractivity contribution >= 4 is 0 Å². The number of nitriles is 1. The van der Waals surface area contributed by atoms with Gasteiger partial charge in [-0.1, -0.05) is 35.4 Å². The second-order valence-corrected chi connectivity index (χ2v) is 3.49. The molecule has 0 fully saturated rings. The number of rotatable bonds is 4. The van der Waals surface area contributed by atoms with E-state index in [9.17, 15) is 0 Å². The molecule has 0 heterocycles. The molecule has 15 heavy (non-hydrogen) atoms. The fourth-order valence-electron chi connectivity index (χ4n) is 1.45. The van der Waals surface area contributed by atoms with Gasteiger partial charge in [-0.3, -0.25) is 0 Å². The van der Waals surface area contributed by atoms with Crippen LogP contribution in [0, 0.1) is 11.3 Å². The van der Waals surface area contributed by atoms with Gasteiger partial charge in [0.15, 0.2) is 0 Å². The van der Waals surface area contributed by atoms with Crippen LogP contribution in [0.25, 0.3) is 10.4 Å². The zero-order valence-corrected chi connectivity index (χ0v) is 8.59. The first-order valence-corrected chi connectivity index (χ1v) is 4.72. The monoisotopic (exact) mass is 200 g/mol. The van der Waals surface area contributed by atoms with Gasteiger partial charge < -0.3 is 0 Å². The summed E-state index contributed by atoms with van der Waals surface area (Å²) in [5.74, 6) is 0. The van der Waals surface area contributed by atoms with Crippen molar-refractivity contribution in [3.8, 4) is 6.07 Å². The number of nitrogens with zero attached hydrogens (tertiary/aromatic N) is 4. The van der Waals surface area contributed by atoms with Gasteiger partial charge in [0, 0.05) is 11.3 Å². The second kappa shape index (κ2) is 5.04. The Kier molecular flexibility index (Phi) is 3.73. The Labute approximate surface area is 88.8 Å². The molecule has 1 aromatic rings. The summed E-state index contributed by atoms with van der Waals surface area (Å²) >= 11 is 0. The van der Waals surface area contributed by atoms with E-state index in [2.05, 4.69) is 16.1 Å². The van der Waals surface area contributed by atoms with E-state index in [0.29, 0.717) is 12.8 Å². The Balaban J connectivity index is 3.02. The molecule has 76 valence electrons. The molecule has 1 aromatic carbocycles. The van der Waals surface area contributed by atoms with Crippen molar-refractivity contribution in [2.45, 2.75) is 25.3 Å². The van der Waals surface area contributed by atoms with E-state index >= 15 is 0 Å². The normalized spacial score (nSPS) is 13.3. The second-order valence-electron chi connectivity index (χ2n) is 3.49. The molecule has 0 saturated heterocycles. The lowest BCUT2D eigenvalue weighted by Gasteiger charge is -2.23. The van der Waals surface area contributed by atoms with Crippen molar-refractivity contribution in [2.75, 3.05) is 0 Å². The van der Waals surface area contributed by atoms with E-state index in [0.717, 1.165) is 5.56 Å². The molecule has 0 radical (unpaired) electrons. The van der Waals surface area contributed by atoms with Crippen molar-refractivity contribution in [1.82, 2.24) is 0 Å². The summed E-state index contributed by atoms with van der Waals surface area (Å²) in [6.45, 7) is 1.85. The molecular weight excluding hydrogens is 188 g/mol. The Morgan fingerprint density at radius 1 is 1.47 bits per heavy atom. The Morgan fingerprint density at radius 2 is 2.13 bits per heavy atom. The van der Waals surface area contributed by atoms with Crippen LogP contribution in [0.15, 0.2) is 35.4 Å². The zero-order chi connectivity index (χ0) is 11.1. The Hall–Kier alpha value is -1.98. The van der Waals surface area contributed by atoms with Crippen LogP contribution < -0.4 is 0 Å². The average Bonchev–Trinajstić information content (AvgIpc) is 2.28. The van der Waals surface area contributed by atoms with Crippen molar-refractivity contribution in [2.24, 2.45) is 5.11 Å². The van der Waals surface area contributed by atoms with Gasteiger partial charge >= 0.3 is 0 Å². The van der Waals surface area contributed by atoms with Gasteiger partial charge in [0.1, 0.15) is 0 Å². The number of azide groups is 1. The number of benzene rings is 1. The van der Waals surface area contributed by atoms with Gasteiger partial charge in [-0.15, -0.1) is 0 Å². The Bertz CT molecular complexity index is 400. The van der Waals surface area contributed by atoms with Crippen LogP contribution in [0.2, 0.25) is 0 Å². The van der Waals surface area contributed by atoms with Crippen molar-refractivity contribution in [3.05, 3.63) is 46.3 Å². The van der Waals surface area contributed by atoms with Crippen LogP contribution in [0.1, 0.15) is 25.3 Å². The van der Waals surface area contributed by atoms with E-state index < -0.39 is 5.54 Å². The zero-order valence-electron chi connectivity index (χ0n) is 8.59.